The van der Waals surface area contributed by atoms with Crippen molar-refractivity contribution < 1.29 is 9.53 Å². The van der Waals surface area contributed by atoms with E-state index in [1.54, 1.807) is 36.1 Å². The van der Waals surface area contributed by atoms with Gasteiger partial charge >= 0.3 is 0 Å². The molecule has 0 aromatic carbocycles. The van der Waals surface area contributed by atoms with Gasteiger partial charge in [0.1, 0.15) is 16.1 Å². The quantitative estimate of drug-likeness (QED) is 0.161. The van der Waals surface area contributed by atoms with Gasteiger partial charge in [-0.2, -0.15) is 10.2 Å². The first-order chi connectivity index (χ1) is 22.8. The van der Waals surface area contributed by atoms with Gasteiger partial charge in [0.15, 0.2) is 0 Å². The van der Waals surface area contributed by atoms with E-state index in [0.717, 1.165) is 83.6 Å². The average molecular weight is 673 g/mol. The van der Waals surface area contributed by atoms with Crippen molar-refractivity contribution >= 4 is 51.1 Å². The zero-order valence-electron chi connectivity index (χ0n) is 26.3. The van der Waals surface area contributed by atoms with Crippen LogP contribution in [0.1, 0.15) is 26.7 Å². The first-order valence-electron chi connectivity index (χ1n) is 15.5. The van der Waals surface area contributed by atoms with E-state index in [2.05, 4.69) is 48.2 Å². The maximum atomic E-state index is 11.0. The highest BCUT2D eigenvalue weighted by Crippen LogP contribution is 2.24. The fourth-order valence-corrected chi connectivity index (χ4v) is 5.65. The predicted molar refractivity (Wildman–Crippen MR) is 183 cm³/mol. The highest BCUT2D eigenvalue weighted by atomic mass is 35.5. The molecular formula is C34H35Cl2N9O2. The van der Waals surface area contributed by atoms with Gasteiger partial charge in [0, 0.05) is 85.7 Å². The molecule has 1 aliphatic heterocycles. The van der Waals surface area contributed by atoms with Crippen LogP contribution in [0.2, 0.25) is 10.3 Å². The molecule has 13 heteroatoms. The number of hydrogen-bond acceptors (Lipinski definition) is 9. The Labute approximate surface area is 282 Å². The average Bonchev–Trinajstić information content (AvgIpc) is 3.77. The van der Waals surface area contributed by atoms with Gasteiger partial charge in [-0.15, -0.1) is 0 Å². The molecule has 11 nitrogen and oxygen atoms in total. The van der Waals surface area contributed by atoms with Gasteiger partial charge in [0.25, 0.3) is 0 Å². The first-order valence-corrected chi connectivity index (χ1v) is 16.3. The van der Waals surface area contributed by atoms with Crippen LogP contribution in [0.25, 0.3) is 44.3 Å². The lowest BCUT2D eigenvalue weighted by Gasteiger charge is -2.32. The number of aryl methyl sites for hydroxylation is 2. The number of halogens is 2. The number of morpholine rings is 1. The van der Waals surface area contributed by atoms with Gasteiger partial charge in [-0.25, -0.2) is 9.97 Å². The fraction of sp³-hybridized carbons (Fsp3) is 0.324. The number of rotatable bonds is 9. The third-order valence-corrected chi connectivity index (χ3v) is 8.50. The Kier molecular flexibility index (Phi) is 10.5. The lowest BCUT2D eigenvalue weighted by Crippen LogP contribution is -2.42. The van der Waals surface area contributed by atoms with Crippen molar-refractivity contribution in [3.05, 3.63) is 83.9 Å². The summed E-state index contributed by atoms with van der Waals surface area (Å²) in [5.41, 5.74) is 7.08. The van der Waals surface area contributed by atoms with Crippen molar-refractivity contribution in [2.45, 2.75) is 45.8 Å². The zero-order valence-corrected chi connectivity index (χ0v) is 27.8. The Morgan fingerprint density at radius 3 is 1.83 bits per heavy atom. The summed E-state index contributed by atoms with van der Waals surface area (Å²) in [6.07, 6.45) is 12.8. The molecule has 1 atom stereocenters. The van der Waals surface area contributed by atoms with Crippen LogP contribution in [0.3, 0.4) is 0 Å². The van der Waals surface area contributed by atoms with E-state index in [9.17, 15) is 4.79 Å². The van der Waals surface area contributed by atoms with Gasteiger partial charge in [-0.1, -0.05) is 23.2 Å². The third-order valence-electron chi connectivity index (χ3n) is 8.08. The summed E-state index contributed by atoms with van der Waals surface area (Å²) >= 11 is 11.9. The number of Topliss-reactive ketones (excluding diaryl/α,β-unsaturated/α-hetero) is 1. The largest absolute Gasteiger partial charge is 0.379 e. The van der Waals surface area contributed by atoms with Crippen molar-refractivity contribution in [1.82, 2.24) is 44.4 Å². The van der Waals surface area contributed by atoms with Crippen LogP contribution in [0.5, 0.6) is 0 Å². The van der Waals surface area contributed by atoms with E-state index < -0.39 is 0 Å². The van der Waals surface area contributed by atoms with Crippen LogP contribution in [0.15, 0.2) is 73.6 Å². The van der Waals surface area contributed by atoms with E-state index in [1.807, 2.05) is 47.5 Å². The molecule has 1 unspecified atom stereocenters. The van der Waals surface area contributed by atoms with E-state index in [-0.39, 0.29) is 5.78 Å². The fourth-order valence-electron chi connectivity index (χ4n) is 5.34. The maximum absolute atomic E-state index is 11.0. The highest BCUT2D eigenvalue weighted by molar-refractivity contribution is 6.30. The molecule has 0 bridgehead atoms. The molecule has 0 spiro atoms. The van der Waals surface area contributed by atoms with Crippen LogP contribution in [-0.4, -0.2) is 82.5 Å². The molecule has 47 heavy (non-hydrogen) atoms. The second-order valence-corrected chi connectivity index (χ2v) is 12.3. The monoisotopic (exact) mass is 671 g/mol. The van der Waals surface area contributed by atoms with Crippen LogP contribution >= 0.6 is 23.2 Å². The summed E-state index contributed by atoms with van der Waals surface area (Å²) in [6, 6.07) is 11.7. The lowest BCUT2D eigenvalue weighted by atomic mass is 10.1. The summed E-state index contributed by atoms with van der Waals surface area (Å²) in [6.45, 7) is 9.04. The summed E-state index contributed by atoms with van der Waals surface area (Å²) in [5, 5.41) is 9.68. The molecule has 6 aromatic rings. The Morgan fingerprint density at radius 2 is 1.30 bits per heavy atom. The lowest BCUT2D eigenvalue weighted by molar-refractivity contribution is -0.117. The van der Waals surface area contributed by atoms with Gasteiger partial charge < -0.3 is 4.74 Å². The SMILES string of the molecule is CC(=O)CCn1cc(-c2cnc3ccc(Cl)nc3c2)cn1.CC(CCn1cc(-c2cnc3ccc(Cl)nc3c2)cn1)N1CCOCC1. The van der Waals surface area contributed by atoms with Crippen LogP contribution in [0.4, 0.5) is 0 Å². The maximum Gasteiger partial charge on any atom is 0.131 e. The molecule has 7 heterocycles. The molecule has 1 saturated heterocycles. The van der Waals surface area contributed by atoms with Crippen LogP contribution in [-0.2, 0) is 22.6 Å². The number of ketones is 1. The molecule has 7 rings (SSSR count). The van der Waals surface area contributed by atoms with Gasteiger partial charge in [0.2, 0.25) is 0 Å². The standard InChI is InChI=1S/C19H22ClN5O.C15H13ClN4O/c1-14(24-6-8-26-9-7-24)4-5-25-13-16(12-22-25)15-10-18-17(21-11-15)2-3-19(20)23-18;1-10(21)4-5-20-9-12(8-18-20)11-6-14-13(17-7-11)2-3-15(16)19-14/h2-3,10-14H,4-9H2,1H3;2-3,6-9H,4-5H2,1H3. The minimum atomic E-state index is 0.151. The van der Waals surface area contributed by atoms with Crippen molar-refractivity contribution in [3.63, 3.8) is 0 Å². The highest BCUT2D eigenvalue weighted by Gasteiger charge is 2.17. The number of pyridine rings is 4. The Balaban J connectivity index is 0.000000168. The number of fused-ring (bicyclic) bond motifs is 2. The number of nitrogens with zero attached hydrogens (tertiary/aromatic N) is 9. The second kappa shape index (κ2) is 15.1. The molecule has 1 fully saturated rings. The van der Waals surface area contributed by atoms with E-state index >= 15 is 0 Å². The summed E-state index contributed by atoms with van der Waals surface area (Å²) in [7, 11) is 0. The molecule has 1 aliphatic rings. The Hall–Kier alpha value is -4.29. The minimum absolute atomic E-state index is 0.151. The van der Waals surface area contributed by atoms with Crippen molar-refractivity contribution in [2.24, 2.45) is 0 Å². The Morgan fingerprint density at radius 1 is 0.766 bits per heavy atom. The molecule has 242 valence electrons. The van der Waals surface area contributed by atoms with Crippen LogP contribution < -0.4 is 0 Å². The third kappa shape index (κ3) is 8.55. The normalized spacial score (nSPS) is 14.2. The van der Waals surface area contributed by atoms with Crippen molar-refractivity contribution in [1.29, 1.82) is 0 Å². The number of carbonyl (C=O) groups excluding carboxylic acids is 1. The van der Waals surface area contributed by atoms with E-state index in [0.29, 0.717) is 29.3 Å². The molecule has 0 amide bonds. The topological polar surface area (TPSA) is 117 Å². The number of aromatic nitrogens is 8. The van der Waals surface area contributed by atoms with Crippen molar-refractivity contribution in [2.75, 3.05) is 26.3 Å². The first kappa shape index (κ1) is 32.6. The summed E-state index contributed by atoms with van der Waals surface area (Å²) in [5.74, 6) is 0.151. The van der Waals surface area contributed by atoms with E-state index in [1.165, 1.54) is 0 Å². The molecular weight excluding hydrogens is 637 g/mol. The molecule has 6 aromatic heterocycles. The Bertz CT molecular complexity index is 1990. The van der Waals surface area contributed by atoms with Crippen molar-refractivity contribution in [3.8, 4) is 22.3 Å². The smallest absolute Gasteiger partial charge is 0.131 e. The molecule has 0 saturated carbocycles. The van der Waals surface area contributed by atoms with Gasteiger partial charge in [-0.05, 0) is 56.7 Å². The van der Waals surface area contributed by atoms with Crippen LogP contribution in [0, 0.1) is 0 Å². The summed E-state index contributed by atoms with van der Waals surface area (Å²) < 4.78 is 9.18. The number of ether oxygens (including phenoxy) is 1. The summed E-state index contributed by atoms with van der Waals surface area (Å²) in [4.78, 5) is 30.9. The number of carbonyl (C=O) groups is 1. The van der Waals surface area contributed by atoms with E-state index in [4.69, 9.17) is 27.9 Å². The van der Waals surface area contributed by atoms with Gasteiger partial charge in [-0.3, -0.25) is 29.0 Å². The zero-order chi connectivity index (χ0) is 32.8. The molecule has 0 radical (unpaired) electrons. The second-order valence-electron chi connectivity index (χ2n) is 11.5. The molecule has 0 N–H and O–H groups in total. The number of hydrogen-bond donors (Lipinski definition) is 0. The molecule has 0 aliphatic carbocycles. The predicted octanol–water partition coefficient (Wildman–Crippen LogP) is 6.38. The minimum Gasteiger partial charge on any atom is -0.379 e. The van der Waals surface area contributed by atoms with Gasteiger partial charge in [0.05, 0.1) is 47.7 Å².